The lowest BCUT2D eigenvalue weighted by molar-refractivity contribution is 0.264. The van der Waals surface area contributed by atoms with Crippen molar-refractivity contribution in [1.29, 1.82) is 0 Å². The maximum Gasteiger partial charge on any atom is 0.0513 e. The van der Waals surface area contributed by atoms with Crippen molar-refractivity contribution in [2.45, 2.75) is 25.8 Å². The minimum Gasteiger partial charge on any atom is -0.247 e. The van der Waals surface area contributed by atoms with Gasteiger partial charge in [0.2, 0.25) is 0 Å². The van der Waals surface area contributed by atoms with Gasteiger partial charge in [-0.15, -0.1) is 0 Å². The molecule has 1 fully saturated rings. The van der Waals surface area contributed by atoms with E-state index in [0.717, 1.165) is 6.54 Å². The van der Waals surface area contributed by atoms with Crippen molar-refractivity contribution in [3.05, 3.63) is 12.2 Å². The predicted molar refractivity (Wildman–Crippen MR) is 43.6 cm³/mol. The first-order valence-electron chi connectivity index (χ1n) is 3.69. The number of nitrogens with one attached hydrogen (secondary N) is 1. The van der Waals surface area contributed by atoms with Crippen molar-refractivity contribution in [2.24, 2.45) is 0 Å². The number of nitrogens with zero attached hydrogens (tertiary/aromatic N) is 1. The van der Waals surface area contributed by atoms with Gasteiger partial charge in [0, 0.05) is 13.6 Å². The molecule has 0 amide bonds. The second-order valence-electron chi connectivity index (χ2n) is 3.40. The molecule has 0 unspecified atom stereocenters. The van der Waals surface area contributed by atoms with Gasteiger partial charge in [0.15, 0.2) is 0 Å². The molecule has 1 atom stereocenters. The van der Waals surface area contributed by atoms with E-state index in [4.69, 9.17) is 0 Å². The van der Waals surface area contributed by atoms with E-state index in [2.05, 4.69) is 37.9 Å². The van der Waals surface area contributed by atoms with Crippen LogP contribution in [0.5, 0.6) is 0 Å². The standard InChI is InChI=1S/C8H16N2/c1-7(2)8(3)5-6-10(4)9-8/h9H,1,5-6H2,2-4H3/t8-/m0/s1. The molecule has 58 valence electrons. The molecule has 10 heavy (non-hydrogen) atoms. The van der Waals surface area contributed by atoms with Gasteiger partial charge in [-0.1, -0.05) is 12.2 Å². The molecule has 1 saturated heterocycles. The van der Waals surface area contributed by atoms with E-state index in [0.29, 0.717) is 0 Å². The summed E-state index contributed by atoms with van der Waals surface area (Å²) in [6, 6.07) is 0. The van der Waals surface area contributed by atoms with E-state index in [1.54, 1.807) is 0 Å². The molecule has 0 saturated carbocycles. The Bertz CT molecular complexity index is 153. The zero-order valence-corrected chi connectivity index (χ0v) is 7.07. The van der Waals surface area contributed by atoms with Gasteiger partial charge >= 0.3 is 0 Å². The van der Waals surface area contributed by atoms with E-state index in [1.807, 2.05) is 0 Å². The first-order chi connectivity index (χ1) is 4.54. The highest BCUT2D eigenvalue weighted by Crippen LogP contribution is 2.23. The molecule has 0 bridgehead atoms. The molecule has 0 spiro atoms. The summed E-state index contributed by atoms with van der Waals surface area (Å²) in [5, 5.41) is 2.12. The Morgan fingerprint density at radius 3 is 2.50 bits per heavy atom. The van der Waals surface area contributed by atoms with Crippen LogP contribution < -0.4 is 5.43 Å². The number of rotatable bonds is 1. The first kappa shape index (κ1) is 7.76. The lowest BCUT2D eigenvalue weighted by atomic mass is 9.93. The lowest BCUT2D eigenvalue weighted by Crippen LogP contribution is -2.42. The normalized spacial score (nSPS) is 34.7. The molecule has 2 heteroatoms. The van der Waals surface area contributed by atoms with Crippen LogP contribution in [-0.4, -0.2) is 24.1 Å². The molecule has 0 aromatic carbocycles. The van der Waals surface area contributed by atoms with Crippen LogP contribution >= 0.6 is 0 Å². The van der Waals surface area contributed by atoms with E-state index >= 15 is 0 Å². The largest absolute Gasteiger partial charge is 0.247 e. The third kappa shape index (κ3) is 1.22. The minimum atomic E-state index is 0.148. The molecular weight excluding hydrogens is 124 g/mol. The highest BCUT2D eigenvalue weighted by atomic mass is 15.5. The van der Waals surface area contributed by atoms with Crippen LogP contribution in [-0.2, 0) is 0 Å². The fourth-order valence-electron chi connectivity index (χ4n) is 1.23. The molecule has 1 rings (SSSR count). The predicted octanol–water partition coefficient (Wildman–Crippen LogP) is 1.16. The van der Waals surface area contributed by atoms with E-state index in [1.165, 1.54) is 12.0 Å². The van der Waals surface area contributed by atoms with Crippen LogP contribution in [0.25, 0.3) is 0 Å². The molecule has 1 heterocycles. The summed E-state index contributed by atoms with van der Waals surface area (Å²) in [6.07, 6.45) is 1.17. The monoisotopic (exact) mass is 140 g/mol. The molecule has 2 nitrogen and oxygen atoms in total. The van der Waals surface area contributed by atoms with Gasteiger partial charge < -0.3 is 0 Å². The van der Waals surface area contributed by atoms with Crippen LogP contribution in [0.3, 0.4) is 0 Å². The summed E-state index contributed by atoms with van der Waals surface area (Å²) >= 11 is 0. The lowest BCUT2D eigenvalue weighted by Gasteiger charge is -2.25. The molecule has 1 aliphatic rings. The Balaban J connectivity index is 2.63. The van der Waals surface area contributed by atoms with Crippen LogP contribution in [0, 0.1) is 0 Å². The highest BCUT2D eigenvalue weighted by molar-refractivity contribution is 5.13. The molecule has 1 aliphatic heterocycles. The minimum absolute atomic E-state index is 0.148. The smallest absolute Gasteiger partial charge is 0.0513 e. The number of hydrogen-bond acceptors (Lipinski definition) is 2. The van der Waals surface area contributed by atoms with Gasteiger partial charge in [-0.3, -0.25) is 0 Å². The Morgan fingerprint density at radius 2 is 2.30 bits per heavy atom. The van der Waals surface area contributed by atoms with E-state index in [-0.39, 0.29) is 5.54 Å². The molecule has 0 aromatic heterocycles. The second-order valence-corrected chi connectivity index (χ2v) is 3.40. The maximum absolute atomic E-state index is 3.95. The van der Waals surface area contributed by atoms with Crippen molar-refractivity contribution >= 4 is 0 Å². The molecule has 0 radical (unpaired) electrons. The van der Waals surface area contributed by atoms with Gasteiger partial charge in [0.25, 0.3) is 0 Å². The van der Waals surface area contributed by atoms with E-state index < -0.39 is 0 Å². The summed E-state index contributed by atoms with van der Waals surface area (Å²) < 4.78 is 0. The van der Waals surface area contributed by atoms with Crippen LogP contribution in [0.2, 0.25) is 0 Å². The topological polar surface area (TPSA) is 15.3 Å². The summed E-state index contributed by atoms with van der Waals surface area (Å²) in [7, 11) is 2.06. The van der Waals surface area contributed by atoms with Crippen LogP contribution in [0.15, 0.2) is 12.2 Å². The fourth-order valence-corrected chi connectivity index (χ4v) is 1.23. The van der Waals surface area contributed by atoms with Gasteiger partial charge in [-0.2, -0.15) is 0 Å². The molecule has 0 aromatic rings. The van der Waals surface area contributed by atoms with Crippen LogP contribution in [0.1, 0.15) is 20.3 Å². The molecule has 1 N–H and O–H groups in total. The van der Waals surface area contributed by atoms with Gasteiger partial charge in [-0.05, 0) is 20.3 Å². The third-order valence-electron chi connectivity index (χ3n) is 2.33. The van der Waals surface area contributed by atoms with Gasteiger partial charge in [0.1, 0.15) is 0 Å². The fraction of sp³-hybridized carbons (Fsp3) is 0.750. The van der Waals surface area contributed by atoms with Crippen LogP contribution in [0.4, 0.5) is 0 Å². The highest BCUT2D eigenvalue weighted by Gasteiger charge is 2.31. The third-order valence-corrected chi connectivity index (χ3v) is 2.33. The zero-order valence-electron chi connectivity index (χ0n) is 7.07. The average Bonchev–Trinajstić information content (AvgIpc) is 2.13. The number of hydrogen-bond donors (Lipinski definition) is 1. The second kappa shape index (κ2) is 2.36. The van der Waals surface area contributed by atoms with Gasteiger partial charge in [0.05, 0.1) is 5.54 Å². The van der Waals surface area contributed by atoms with Crippen molar-refractivity contribution in [2.75, 3.05) is 13.6 Å². The summed E-state index contributed by atoms with van der Waals surface area (Å²) in [6.45, 7) is 9.34. The quantitative estimate of drug-likeness (QED) is 0.550. The Labute approximate surface area is 62.9 Å². The van der Waals surface area contributed by atoms with Crippen molar-refractivity contribution in [1.82, 2.24) is 10.4 Å². The van der Waals surface area contributed by atoms with Crippen molar-refractivity contribution in [3.8, 4) is 0 Å². The SMILES string of the molecule is C=C(C)[C@]1(C)CCN(C)N1. The Morgan fingerprint density at radius 1 is 1.70 bits per heavy atom. The molecule has 0 aliphatic carbocycles. The van der Waals surface area contributed by atoms with Gasteiger partial charge in [-0.25, -0.2) is 10.4 Å². The zero-order chi connectivity index (χ0) is 7.78. The maximum atomic E-state index is 3.95. The van der Waals surface area contributed by atoms with Crippen molar-refractivity contribution in [3.63, 3.8) is 0 Å². The summed E-state index contributed by atoms with van der Waals surface area (Å²) in [5.41, 5.74) is 4.73. The van der Waals surface area contributed by atoms with E-state index in [9.17, 15) is 0 Å². The van der Waals surface area contributed by atoms with Crippen molar-refractivity contribution < 1.29 is 0 Å². The number of hydrazine groups is 1. The Hall–Kier alpha value is -0.340. The average molecular weight is 140 g/mol. The summed E-state index contributed by atoms with van der Waals surface area (Å²) in [4.78, 5) is 0. The molecular formula is C8H16N2. The first-order valence-corrected chi connectivity index (χ1v) is 3.69. The summed E-state index contributed by atoms with van der Waals surface area (Å²) in [5.74, 6) is 0. The Kier molecular flexibility index (Phi) is 1.84.